The third-order valence-corrected chi connectivity index (χ3v) is 3.80. The minimum absolute atomic E-state index is 0.435. The second-order valence-corrected chi connectivity index (χ2v) is 4.66. The maximum absolute atomic E-state index is 5.59. The summed E-state index contributed by atoms with van der Waals surface area (Å²) in [6.07, 6.45) is 8.33. The first kappa shape index (κ1) is 8.39. The molecule has 1 fully saturated rings. The van der Waals surface area contributed by atoms with Gasteiger partial charge < -0.3 is 9.32 Å². The van der Waals surface area contributed by atoms with Crippen LogP contribution in [0.4, 0.5) is 5.88 Å². The zero-order valence-corrected chi connectivity index (χ0v) is 8.75. The largest absolute Gasteiger partial charge is 0.449 e. The molecule has 76 valence electrons. The van der Waals surface area contributed by atoms with E-state index in [1.165, 1.54) is 44.2 Å². The molecule has 14 heavy (non-hydrogen) atoms. The second kappa shape index (κ2) is 2.78. The van der Waals surface area contributed by atoms with E-state index in [2.05, 4.69) is 17.9 Å². The fraction of sp³-hybridized carbons (Fsp3) is 0.667. The quantitative estimate of drug-likeness (QED) is 0.714. The number of hydrogen-bond donors (Lipinski definition) is 0. The molecule has 0 bridgehead atoms. The Morgan fingerprint density at radius 3 is 3.36 bits per heavy atom. The Balaban J connectivity index is 1.98. The lowest BCUT2D eigenvalue weighted by molar-refractivity contribution is 0.393. The van der Waals surface area contributed by atoms with Gasteiger partial charge >= 0.3 is 0 Å². The molecule has 2 heteroatoms. The maximum atomic E-state index is 5.59. The van der Waals surface area contributed by atoms with Gasteiger partial charge in [0.25, 0.3) is 0 Å². The van der Waals surface area contributed by atoms with Crippen molar-refractivity contribution in [2.75, 3.05) is 11.4 Å². The molecule has 1 aromatic heterocycles. The predicted molar refractivity (Wildman–Crippen MR) is 56.6 cm³/mol. The molecule has 2 aliphatic heterocycles. The van der Waals surface area contributed by atoms with Gasteiger partial charge in [-0.25, -0.2) is 0 Å². The Morgan fingerprint density at radius 1 is 1.57 bits per heavy atom. The van der Waals surface area contributed by atoms with E-state index >= 15 is 0 Å². The van der Waals surface area contributed by atoms with E-state index in [0.717, 1.165) is 5.88 Å². The molecule has 0 spiro atoms. The zero-order valence-electron chi connectivity index (χ0n) is 8.75. The van der Waals surface area contributed by atoms with E-state index in [-0.39, 0.29) is 0 Å². The van der Waals surface area contributed by atoms with E-state index in [4.69, 9.17) is 4.42 Å². The van der Waals surface area contributed by atoms with Crippen LogP contribution in [0.15, 0.2) is 16.7 Å². The van der Waals surface area contributed by atoms with Gasteiger partial charge in [-0.15, -0.1) is 0 Å². The maximum Gasteiger partial charge on any atom is 0.198 e. The highest BCUT2D eigenvalue weighted by Gasteiger charge is 2.47. The summed E-state index contributed by atoms with van der Waals surface area (Å²) in [6.45, 7) is 3.48. The van der Waals surface area contributed by atoms with Crippen molar-refractivity contribution in [3.63, 3.8) is 0 Å². The van der Waals surface area contributed by atoms with Crippen LogP contribution in [0.25, 0.3) is 0 Å². The van der Waals surface area contributed by atoms with Crippen molar-refractivity contribution in [2.45, 2.75) is 44.6 Å². The van der Waals surface area contributed by atoms with Gasteiger partial charge in [0.15, 0.2) is 5.88 Å². The lowest BCUT2D eigenvalue weighted by Gasteiger charge is -2.32. The number of anilines is 1. The Bertz CT molecular complexity index is 344. The molecule has 3 heterocycles. The predicted octanol–water partition coefficient (Wildman–Crippen LogP) is 2.97. The average Bonchev–Trinajstić information content (AvgIpc) is 2.74. The molecule has 0 radical (unpaired) electrons. The molecule has 1 unspecified atom stereocenters. The van der Waals surface area contributed by atoms with Crippen LogP contribution in [0.5, 0.6) is 0 Å². The zero-order chi connectivity index (χ0) is 9.60. The van der Waals surface area contributed by atoms with Crippen LogP contribution in [0.1, 0.15) is 38.2 Å². The van der Waals surface area contributed by atoms with Crippen LogP contribution in [0, 0.1) is 0 Å². The summed E-state index contributed by atoms with van der Waals surface area (Å²) in [5, 5.41) is 0. The van der Waals surface area contributed by atoms with Crippen molar-refractivity contribution in [1.29, 1.82) is 0 Å². The first-order valence-corrected chi connectivity index (χ1v) is 5.70. The van der Waals surface area contributed by atoms with Gasteiger partial charge in [-0.1, -0.05) is 13.3 Å². The monoisotopic (exact) mass is 191 g/mol. The average molecular weight is 191 g/mol. The van der Waals surface area contributed by atoms with E-state index < -0.39 is 0 Å². The normalized spacial score (nSPS) is 29.4. The molecule has 0 N–H and O–H groups in total. The van der Waals surface area contributed by atoms with Gasteiger partial charge in [0.05, 0.1) is 6.26 Å². The molecule has 0 saturated carbocycles. The Labute approximate surface area is 84.9 Å². The molecule has 2 nitrogen and oxygen atoms in total. The third kappa shape index (κ3) is 0.915. The number of nitrogens with zero attached hydrogens (tertiary/aromatic N) is 1. The molecule has 0 amide bonds. The van der Waals surface area contributed by atoms with Crippen molar-refractivity contribution < 1.29 is 4.42 Å². The molecule has 3 rings (SSSR count). The van der Waals surface area contributed by atoms with Gasteiger partial charge in [0, 0.05) is 24.1 Å². The highest BCUT2D eigenvalue weighted by Crippen LogP contribution is 2.47. The standard InChI is InChI=1S/C12H17NO/c1-2-5-12-6-3-7-13(12)11-10(9-12)4-8-14-11/h4,8H,2-3,5-7,9H2,1H3. The van der Waals surface area contributed by atoms with Crippen LogP contribution in [-0.2, 0) is 6.42 Å². The molecule has 0 aliphatic carbocycles. The number of hydrogen-bond acceptors (Lipinski definition) is 2. The molecule has 0 aromatic carbocycles. The molecule has 2 aliphatic rings. The SMILES string of the molecule is CCCC12CCCN1c1occc1C2. The lowest BCUT2D eigenvalue weighted by atomic mass is 9.88. The molecule has 1 aromatic rings. The van der Waals surface area contributed by atoms with Gasteiger partial charge in [0.1, 0.15) is 0 Å². The van der Waals surface area contributed by atoms with E-state index in [0.29, 0.717) is 5.54 Å². The summed E-state index contributed by atoms with van der Waals surface area (Å²) in [5.74, 6) is 1.16. The molecular formula is C12H17NO. The Morgan fingerprint density at radius 2 is 2.50 bits per heavy atom. The van der Waals surface area contributed by atoms with Crippen molar-refractivity contribution in [2.24, 2.45) is 0 Å². The number of rotatable bonds is 2. The second-order valence-electron chi connectivity index (χ2n) is 4.66. The first-order valence-electron chi connectivity index (χ1n) is 5.70. The van der Waals surface area contributed by atoms with Crippen molar-refractivity contribution in [1.82, 2.24) is 0 Å². The van der Waals surface area contributed by atoms with Crippen LogP contribution in [0.3, 0.4) is 0 Å². The fourth-order valence-electron chi connectivity index (χ4n) is 3.31. The molecular weight excluding hydrogens is 174 g/mol. The summed E-state index contributed by atoms with van der Waals surface area (Å²) in [6, 6.07) is 2.14. The minimum atomic E-state index is 0.435. The van der Waals surface area contributed by atoms with Gasteiger partial charge in [0.2, 0.25) is 0 Å². The van der Waals surface area contributed by atoms with E-state index in [9.17, 15) is 0 Å². The Hall–Kier alpha value is -0.920. The third-order valence-electron chi connectivity index (χ3n) is 3.80. The van der Waals surface area contributed by atoms with Crippen LogP contribution < -0.4 is 4.90 Å². The smallest absolute Gasteiger partial charge is 0.198 e. The first-order chi connectivity index (χ1) is 6.86. The summed E-state index contributed by atoms with van der Waals surface area (Å²) in [7, 11) is 0. The van der Waals surface area contributed by atoms with Crippen LogP contribution in [0.2, 0.25) is 0 Å². The minimum Gasteiger partial charge on any atom is -0.449 e. The summed E-state index contributed by atoms with van der Waals surface area (Å²) >= 11 is 0. The van der Waals surface area contributed by atoms with Crippen LogP contribution >= 0.6 is 0 Å². The lowest BCUT2D eigenvalue weighted by Crippen LogP contribution is -2.41. The number of fused-ring (bicyclic) bond motifs is 3. The van der Waals surface area contributed by atoms with Gasteiger partial charge in [-0.05, 0) is 25.3 Å². The van der Waals surface area contributed by atoms with E-state index in [1.807, 2.05) is 6.26 Å². The van der Waals surface area contributed by atoms with E-state index in [1.54, 1.807) is 0 Å². The van der Waals surface area contributed by atoms with Crippen molar-refractivity contribution in [3.8, 4) is 0 Å². The summed E-state index contributed by atoms with van der Waals surface area (Å²) < 4.78 is 5.59. The fourth-order valence-corrected chi connectivity index (χ4v) is 3.31. The topological polar surface area (TPSA) is 16.4 Å². The van der Waals surface area contributed by atoms with Crippen molar-refractivity contribution in [3.05, 3.63) is 17.9 Å². The van der Waals surface area contributed by atoms with Crippen LogP contribution in [-0.4, -0.2) is 12.1 Å². The highest BCUT2D eigenvalue weighted by atomic mass is 16.3. The van der Waals surface area contributed by atoms with Gasteiger partial charge in [-0.2, -0.15) is 0 Å². The Kier molecular flexibility index (Phi) is 1.67. The molecule has 1 atom stereocenters. The van der Waals surface area contributed by atoms with Crippen molar-refractivity contribution >= 4 is 5.88 Å². The van der Waals surface area contributed by atoms with Gasteiger partial charge in [-0.3, -0.25) is 0 Å². The summed E-state index contributed by atoms with van der Waals surface area (Å²) in [4.78, 5) is 2.52. The number of furan rings is 1. The summed E-state index contributed by atoms with van der Waals surface area (Å²) in [5.41, 5.74) is 1.86. The molecule has 1 saturated heterocycles. The highest BCUT2D eigenvalue weighted by molar-refractivity contribution is 5.55.